The van der Waals surface area contributed by atoms with Gasteiger partial charge >= 0.3 is 0 Å². The van der Waals surface area contributed by atoms with Crippen molar-refractivity contribution in [2.24, 2.45) is 0 Å². The first-order valence-electron chi connectivity index (χ1n) is 4.79. The summed E-state index contributed by atoms with van der Waals surface area (Å²) in [6.45, 7) is 0. The summed E-state index contributed by atoms with van der Waals surface area (Å²) in [5.74, 6) is -3.35. The summed E-state index contributed by atoms with van der Waals surface area (Å²) in [4.78, 5) is 3.79. The van der Waals surface area contributed by atoms with Gasteiger partial charge in [-0.25, -0.2) is 13.2 Å². The molecular formula is C11H7BrF3N3. The number of benzene rings is 1. The fraction of sp³-hybridized carbons (Fsp3) is 0. The van der Waals surface area contributed by atoms with E-state index in [0.29, 0.717) is 10.5 Å². The third-order valence-electron chi connectivity index (χ3n) is 2.18. The largest absolute Gasteiger partial charge is 0.396 e. The van der Waals surface area contributed by atoms with E-state index in [2.05, 4.69) is 26.2 Å². The van der Waals surface area contributed by atoms with Crippen LogP contribution in [-0.4, -0.2) is 4.98 Å². The average molecular weight is 318 g/mol. The summed E-state index contributed by atoms with van der Waals surface area (Å²) < 4.78 is 39.9. The Bertz CT molecular complexity index is 584. The summed E-state index contributed by atoms with van der Waals surface area (Å²) in [5.41, 5.74) is 5.79. The normalized spacial score (nSPS) is 10.4. The molecular weight excluding hydrogens is 311 g/mol. The summed E-state index contributed by atoms with van der Waals surface area (Å²) >= 11 is 3.15. The van der Waals surface area contributed by atoms with Gasteiger partial charge in [0.05, 0.1) is 27.7 Å². The Balaban J connectivity index is 2.46. The number of anilines is 3. The minimum Gasteiger partial charge on any atom is -0.396 e. The van der Waals surface area contributed by atoms with Crippen molar-refractivity contribution in [2.45, 2.75) is 0 Å². The predicted molar refractivity (Wildman–Crippen MR) is 65.9 cm³/mol. The molecule has 0 radical (unpaired) electrons. The summed E-state index contributed by atoms with van der Waals surface area (Å²) in [7, 11) is 0. The highest BCUT2D eigenvalue weighted by molar-refractivity contribution is 9.10. The van der Waals surface area contributed by atoms with Gasteiger partial charge in [0.2, 0.25) is 0 Å². The number of nitrogen functional groups attached to an aromatic ring is 1. The highest BCUT2D eigenvalue weighted by Crippen LogP contribution is 2.32. The van der Waals surface area contributed by atoms with Crippen LogP contribution >= 0.6 is 15.9 Å². The first-order chi connectivity index (χ1) is 8.49. The quantitative estimate of drug-likeness (QED) is 0.832. The molecule has 1 aromatic carbocycles. The minimum absolute atomic E-state index is 0.216. The van der Waals surface area contributed by atoms with E-state index < -0.39 is 17.5 Å². The number of hydrogen-bond donors (Lipinski definition) is 2. The average Bonchev–Trinajstić information content (AvgIpc) is 2.30. The van der Waals surface area contributed by atoms with Crippen LogP contribution in [-0.2, 0) is 0 Å². The fourth-order valence-electron chi connectivity index (χ4n) is 1.36. The molecule has 0 bridgehead atoms. The molecule has 1 heterocycles. The SMILES string of the molecule is Nc1cncc(Br)c1Nc1cc(F)cc(F)c1F. The van der Waals surface area contributed by atoms with Gasteiger partial charge in [-0.05, 0) is 15.9 Å². The first-order valence-corrected chi connectivity index (χ1v) is 5.59. The van der Waals surface area contributed by atoms with Crippen LogP contribution in [0.4, 0.5) is 30.2 Å². The van der Waals surface area contributed by atoms with Crippen LogP contribution in [0.5, 0.6) is 0 Å². The molecule has 3 nitrogen and oxygen atoms in total. The Morgan fingerprint density at radius 2 is 1.89 bits per heavy atom. The standard InChI is InChI=1S/C11H7BrF3N3/c12-6-3-17-4-8(16)11(6)18-9-2-5(13)1-7(14)10(9)15/h1-4H,16H2,(H,17,18). The second kappa shape index (κ2) is 4.85. The van der Waals surface area contributed by atoms with Crippen LogP contribution in [0.2, 0.25) is 0 Å². The molecule has 2 aromatic rings. The molecule has 1 aromatic heterocycles. The Kier molecular flexibility index (Phi) is 3.42. The number of aromatic nitrogens is 1. The lowest BCUT2D eigenvalue weighted by Crippen LogP contribution is -2.02. The number of halogens is 4. The molecule has 0 saturated carbocycles. The van der Waals surface area contributed by atoms with Gasteiger partial charge in [-0.1, -0.05) is 0 Å². The maximum absolute atomic E-state index is 13.5. The molecule has 0 amide bonds. The fourth-order valence-corrected chi connectivity index (χ4v) is 1.81. The molecule has 0 fully saturated rings. The molecule has 0 aliphatic rings. The Hall–Kier alpha value is -1.76. The Morgan fingerprint density at radius 3 is 2.56 bits per heavy atom. The highest BCUT2D eigenvalue weighted by atomic mass is 79.9. The van der Waals surface area contributed by atoms with E-state index >= 15 is 0 Å². The molecule has 18 heavy (non-hydrogen) atoms. The molecule has 0 aliphatic heterocycles. The Morgan fingerprint density at radius 1 is 1.17 bits per heavy atom. The van der Waals surface area contributed by atoms with Crippen LogP contribution in [0, 0.1) is 17.5 Å². The van der Waals surface area contributed by atoms with E-state index in [4.69, 9.17) is 5.73 Å². The van der Waals surface area contributed by atoms with Crippen LogP contribution in [0.1, 0.15) is 0 Å². The van der Waals surface area contributed by atoms with Gasteiger partial charge in [0, 0.05) is 18.3 Å². The summed E-state index contributed by atoms with van der Waals surface area (Å²) in [5, 5.41) is 2.52. The topological polar surface area (TPSA) is 50.9 Å². The van der Waals surface area contributed by atoms with Crippen LogP contribution in [0.15, 0.2) is 29.0 Å². The van der Waals surface area contributed by atoms with Crippen LogP contribution < -0.4 is 11.1 Å². The number of rotatable bonds is 2. The third kappa shape index (κ3) is 2.40. The minimum atomic E-state index is -1.28. The van der Waals surface area contributed by atoms with E-state index in [1.165, 1.54) is 12.4 Å². The smallest absolute Gasteiger partial charge is 0.182 e. The lowest BCUT2D eigenvalue weighted by Gasteiger charge is -2.12. The zero-order valence-corrected chi connectivity index (χ0v) is 10.4. The molecule has 0 unspecified atom stereocenters. The second-order valence-electron chi connectivity index (χ2n) is 3.46. The number of nitrogens with two attached hydrogens (primary N) is 1. The van der Waals surface area contributed by atoms with Gasteiger partial charge in [-0.15, -0.1) is 0 Å². The van der Waals surface area contributed by atoms with Gasteiger partial charge in [0.15, 0.2) is 11.6 Å². The lowest BCUT2D eigenvalue weighted by molar-refractivity contribution is 0.498. The van der Waals surface area contributed by atoms with Crippen molar-refractivity contribution in [1.29, 1.82) is 0 Å². The maximum Gasteiger partial charge on any atom is 0.182 e. The number of nitrogens with zero attached hydrogens (tertiary/aromatic N) is 1. The molecule has 0 atom stereocenters. The van der Waals surface area contributed by atoms with Crippen molar-refractivity contribution >= 4 is 33.0 Å². The van der Waals surface area contributed by atoms with Gasteiger partial charge in [0.25, 0.3) is 0 Å². The maximum atomic E-state index is 13.5. The monoisotopic (exact) mass is 317 g/mol. The number of pyridine rings is 1. The third-order valence-corrected chi connectivity index (χ3v) is 2.78. The van der Waals surface area contributed by atoms with Gasteiger partial charge < -0.3 is 11.1 Å². The lowest BCUT2D eigenvalue weighted by atomic mass is 10.2. The van der Waals surface area contributed by atoms with E-state index in [-0.39, 0.29) is 17.1 Å². The predicted octanol–water partition coefficient (Wildman–Crippen LogP) is 3.59. The van der Waals surface area contributed by atoms with E-state index in [1.807, 2.05) is 0 Å². The van der Waals surface area contributed by atoms with Crippen molar-refractivity contribution in [3.8, 4) is 0 Å². The van der Waals surface area contributed by atoms with Gasteiger partial charge in [0.1, 0.15) is 5.82 Å². The summed E-state index contributed by atoms with van der Waals surface area (Å²) in [6, 6.07) is 1.30. The second-order valence-corrected chi connectivity index (χ2v) is 4.31. The molecule has 0 aliphatic carbocycles. The van der Waals surface area contributed by atoms with Gasteiger partial charge in [-0.2, -0.15) is 0 Å². The molecule has 7 heteroatoms. The van der Waals surface area contributed by atoms with E-state index in [9.17, 15) is 13.2 Å². The van der Waals surface area contributed by atoms with Crippen molar-refractivity contribution in [3.05, 3.63) is 46.5 Å². The first kappa shape index (κ1) is 12.7. The zero-order chi connectivity index (χ0) is 13.3. The van der Waals surface area contributed by atoms with Crippen molar-refractivity contribution < 1.29 is 13.2 Å². The van der Waals surface area contributed by atoms with Crippen LogP contribution in [0.3, 0.4) is 0 Å². The van der Waals surface area contributed by atoms with Crippen LogP contribution in [0.25, 0.3) is 0 Å². The van der Waals surface area contributed by atoms with Gasteiger partial charge in [-0.3, -0.25) is 4.98 Å². The van der Waals surface area contributed by atoms with Crippen molar-refractivity contribution in [2.75, 3.05) is 11.1 Å². The molecule has 3 N–H and O–H groups in total. The number of hydrogen-bond acceptors (Lipinski definition) is 3. The molecule has 94 valence electrons. The van der Waals surface area contributed by atoms with Crippen molar-refractivity contribution in [3.63, 3.8) is 0 Å². The molecule has 0 saturated heterocycles. The molecule has 2 rings (SSSR count). The zero-order valence-electron chi connectivity index (χ0n) is 8.85. The van der Waals surface area contributed by atoms with Crippen molar-refractivity contribution in [1.82, 2.24) is 4.98 Å². The Labute approximate surface area is 109 Å². The summed E-state index contributed by atoms with van der Waals surface area (Å²) in [6.07, 6.45) is 2.76. The number of nitrogens with one attached hydrogen (secondary N) is 1. The van der Waals surface area contributed by atoms with E-state index in [0.717, 1.165) is 6.07 Å². The molecule has 0 spiro atoms. The highest BCUT2D eigenvalue weighted by Gasteiger charge is 2.13. The van der Waals surface area contributed by atoms with E-state index in [1.54, 1.807) is 0 Å².